The lowest BCUT2D eigenvalue weighted by atomic mass is 9.94. The molecule has 2 N–H and O–H groups in total. The molecule has 11 heteroatoms. The first-order valence-corrected chi connectivity index (χ1v) is 10.2. The largest absolute Gasteiger partial charge is 0.416 e. The van der Waals surface area contributed by atoms with E-state index in [1.165, 1.54) is 5.38 Å². The number of halogens is 4. The van der Waals surface area contributed by atoms with Crippen molar-refractivity contribution in [3.63, 3.8) is 0 Å². The van der Waals surface area contributed by atoms with Crippen molar-refractivity contribution in [3.8, 4) is 0 Å². The van der Waals surface area contributed by atoms with Crippen molar-refractivity contribution in [1.29, 1.82) is 0 Å². The van der Waals surface area contributed by atoms with E-state index < -0.39 is 32.3 Å². The zero-order valence-corrected chi connectivity index (χ0v) is 16.2. The summed E-state index contributed by atoms with van der Waals surface area (Å²) in [5.74, 6) is 0. The highest BCUT2D eigenvalue weighted by atomic mass is 35.5. The van der Waals surface area contributed by atoms with Crippen molar-refractivity contribution in [3.05, 3.63) is 39.9 Å². The molecule has 2 aromatic rings. The van der Waals surface area contributed by atoms with E-state index in [4.69, 9.17) is 11.6 Å². The molecule has 0 aliphatic carbocycles. The minimum absolute atomic E-state index is 0.0752. The van der Waals surface area contributed by atoms with Gasteiger partial charge in [-0.1, -0.05) is 25.4 Å². The van der Waals surface area contributed by atoms with Crippen LogP contribution in [0.5, 0.6) is 0 Å². The van der Waals surface area contributed by atoms with E-state index in [0.717, 1.165) is 17.4 Å². The van der Waals surface area contributed by atoms with Gasteiger partial charge in [-0.2, -0.15) is 13.2 Å². The van der Waals surface area contributed by atoms with Gasteiger partial charge in [0.15, 0.2) is 5.13 Å². The molecule has 1 aromatic heterocycles. The number of alkyl halides is 3. The normalized spacial score (nSPS) is 13.0. The number of thiazole rings is 1. The van der Waals surface area contributed by atoms with Gasteiger partial charge in [-0.25, -0.2) is 13.4 Å². The van der Waals surface area contributed by atoms with Crippen LogP contribution in [-0.2, 0) is 21.8 Å². The summed E-state index contributed by atoms with van der Waals surface area (Å²) in [4.78, 5) is 3.35. The van der Waals surface area contributed by atoms with E-state index in [0.29, 0.717) is 30.7 Å². The molecule has 0 fully saturated rings. The number of aromatic nitrogens is 1. The van der Waals surface area contributed by atoms with E-state index in [-0.39, 0.29) is 10.2 Å². The number of sulfonamides is 1. The second kappa shape index (κ2) is 7.34. The van der Waals surface area contributed by atoms with Crippen molar-refractivity contribution in [2.45, 2.75) is 43.4 Å². The Hall–Kier alpha value is -1.36. The lowest BCUT2D eigenvalue weighted by Gasteiger charge is -2.22. The summed E-state index contributed by atoms with van der Waals surface area (Å²) in [6, 6.07) is 2.04. The molecule has 0 radical (unpaired) electrons. The zero-order chi connectivity index (χ0) is 19.8. The summed E-state index contributed by atoms with van der Waals surface area (Å²) in [6.07, 6.45) is -3.96. The topological polar surface area (TPSA) is 79.3 Å². The van der Waals surface area contributed by atoms with Gasteiger partial charge in [0.2, 0.25) is 0 Å². The summed E-state index contributed by atoms with van der Waals surface area (Å²) >= 11 is 6.69. The Morgan fingerprint density at radius 3 is 2.42 bits per heavy atom. The average Bonchev–Trinajstić information content (AvgIpc) is 3.01. The van der Waals surface area contributed by atoms with Crippen LogP contribution in [-0.4, -0.2) is 18.5 Å². The number of aliphatic hydroxyl groups is 1. The van der Waals surface area contributed by atoms with E-state index in [1.807, 2.05) is 0 Å². The fourth-order valence-electron chi connectivity index (χ4n) is 2.20. The van der Waals surface area contributed by atoms with Crippen LogP contribution in [0.2, 0.25) is 5.02 Å². The molecule has 0 bridgehead atoms. The maximum absolute atomic E-state index is 12.8. The quantitative estimate of drug-likeness (QED) is 0.703. The van der Waals surface area contributed by atoms with Gasteiger partial charge < -0.3 is 5.11 Å². The van der Waals surface area contributed by atoms with Gasteiger partial charge in [-0.3, -0.25) is 4.72 Å². The molecule has 0 unspecified atom stereocenters. The molecule has 0 spiro atoms. The number of nitrogens with zero attached hydrogens (tertiary/aromatic N) is 1. The van der Waals surface area contributed by atoms with Crippen molar-refractivity contribution in [2.75, 3.05) is 4.72 Å². The van der Waals surface area contributed by atoms with E-state index in [2.05, 4.69) is 9.71 Å². The molecule has 0 saturated carbocycles. The molecule has 5 nitrogen and oxygen atoms in total. The molecule has 1 heterocycles. The van der Waals surface area contributed by atoms with Crippen LogP contribution in [0.3, 0.4) is 0 Å². The van der Waals surface area contributed by atoms with Crippen molar-refractivity contribution < 1.29 is 26.7 Å². The maximum Gasteiger partial charge on any atom is 0.416 e. The first-order chi connectivity index (χ1) is 11.9. The third kappa shape index (κ3) is 4.30. The summed E-state index contributed by atoms with van der Waals surface area (Å²) in [5.41, 5.74) is -2.04. The number of hydrogen-bond donors (Lipinski definition) is 2. The van der Waals surface area contributed by atoms with Gasteiger partial charge in [-0.05, 0) is 31.0 Å². The summed E-state index contributed by atoms with van der Waals surface area (Å²) in [5, 5.41) is 11.5. The van der Waals surface area contributed by atoms with Crippen LogP contribution >= 0.6 is 22.9 Å². The highest BCUT2D eigenvalue weighted by molar-refractivity contribution is 7.93. The minimum atomic E-state index is -4.71. The molecule has 0 aliphatic rings. The number of rotatable bonds is 6. The third-order valence-electron chi connectivity index (χ3n) is 3.92. The average molecular weight is 429 g/mol. The highest BCUT2D eigenvalue weighted by Gasteiger charge is 2.33. The Morgan fingerprint density at radius 1 is 1.27 bits per heavy atom. The molecule has 0 aliphatic heterocycles. The van der Waals surface area contributed by atoms with E-state index in [1.54, 1.807) is 13.8 Å². The van der Waals surface area contributed by atoms with Crippen LogP contribution in [0, 0.1) is 0 Å². The summed E-state index contributed by atoms with van der Waals surface area (Å²) in [6.45, 7) is 3.52. The summed E-state index contributed by atoms with van der Waals surface area (Å²) < 4.78 is 65.5. The predicted octanol–water partition coefficient (Wildman–Crippen LogP) is 4.62. The lowest BCUT2D eigenvalue weighted by molar-refractivity contribution is -0.137. The standard InChI is InChI=1S/C15H16ClF3N2O3S2/c1-3-14(22,4-2)12-8-25-13(20-12)21-26(23,24)11-7-9(15(17,18)19)5-6-10(11)16/h5-8,22H,3-4H2,1-2H3,(H,20,21). The fourth-order valence-corrected chi connectivity index (χ4v) is 4.78. The van der Waals surface area contributed by atoms with Crippen LogP contribution in [0.1, 0.15) is 37.9 Å². The minimum Gasteiger partial charge on any atom is -0.384 e. The van der Waals surface area contributed by atoms with Crippen LogP contribution < -0.4 is 4.72 Å². The molecule has 0 atom stereocenters. The van der Waals surface area contributed by atoms with Crippen molar-refractivity contribution in [2.24, 2.45) is 0 Å². The Labute approximate surface area is 157 Å². The molecule has 144 valence electrons. The molecule has 2 rings (SSSR count). The maximum atomic E-state index is 12.8. The molecule has 0 saturated heterocycles. The lowest BCUT2D eigenvalue weighted by Crippen LogP contribution is -2.24. The van der Waals surface area contributed by atoms with Crippen LogP contribution in [0.25, 0.3) is 0 Å². The van der Waals surface area contributed by atoms with Gasteiger partial charge >= 0.3 is 6.18 Å². The Bertz CT molecular complexity index is 894. The number of benzene rings is 1. The van der Waals surface area contributed by atoms with Crippen molar-refractivity contribution >= 4 is 38.1 Å². The highest BCUT2D eigenvalue weighted by Crippen LogP contribution is 2.35. The van der Waals surface area contributed by atoms with Crippen molar-refractivity contribution in [1.82, 2.24) is 4.98 Å². The van der Waals surface area contributed by atoms with Gasteiger partial charge in [0, 0.05) is 5.38 Å². The Morgan fingerprint density at radius 2 is 1.88 bits per heavy atom. The van der Waals surface area contributed by atoms with Gasteiger partial charge in [0.05, 0.1) is 16.3 Å². The first-order valence-electron chi connectivity index (χ1n) is 7.51. The number of anilines is 1. The van der Waals surface area contributed by atoms with Gasteiger partial charge in [-0.15, -0.1) is 11.3 Å². The fraction of sp³-hybridized carbons (Fsp3) is 0.400. The predicted molar refractivity (Wildman–Crippen MR) is 93.9 cm³/mol. The van der Waals surface area contributed by atoms with Gasteiger partial charge in [0.1, 0.15) is 10.5 Å². The number of nitrogens with one attached hydrogen (secondary N) is 1. The van der Waals surface area contributed by atoms with E-state index in [9.17, 15) is 26.7 Å². The first kappa shape index (κ1) is 20.9. The number of hydrogen-bond acceptors (Lipinski definition) is 5. The van der Waals surface area contributed by atoms with Crippen LogP contribution in [0.4, 0.5) is 18.3 Å². The Balaban J connectivity index is 2.37. The Kier molecular flexibility index (Phi) is 5.91. The molecule has 1 aromatic carbocycles. The SMILES string of the molecule is CCC(O)(CC)c1csc(NS(=O)(=O)c2cc(C(F)(F)F)ccc2Cl)n1. The summed E-state index contributed by atoms with van der Waals surface area (Å²) in [7, 11) is -4.39. The molecular weight excluding hydrogens is 413 g/mol. The second-order valence-corrected chi connectivity index (χ2v) is 8.44. The second-order valence-electron chi connectivity index (χ2n) is 5.53. The smallest absolute Gasteiger partial charge is 0.384 e. The monoisotopic (exact) mass is 428 g/mol. The molecule has 0 amide bonds. The van der Waals surface area contributed by atoms with E-state index >= 15 is 0 Å². The molecular formula is C15H16ClF3N2O3S2. The van der Waals surface area contributed by atoms with Gasteiger partial charge in [0.25, 0.3) is 10.0 Å². The van der Waals surface area contributed by atoms with Crippen LogP contribution in [0.15, 0.2) is 28.5 Å². The third-order valence-corrected chi connectivity index (χ3v) is 6.63. The zero-order valence-electron chi connectivity index (χ0n) is 13.8. The molecule has 26 heavy (non-hydrogen) atoms.